The van der Waals surface area contributed by atoms with Crippen LogP contribution in [-0.4, -0.2) is 11.8 Å². The van der Waals surface area contributed by atoms with Gasteiger partial charge in [-0.1, -0.05) is 26.2 Å². The molecule has 0 spiro atoms. The Morgan fingerprint density at radius 1 is 1.12 bits per heavy atom. The van der Waals surface area contributed by atoms with E-state index in [-0.39, 0.29) is 5.92 Å². The molecule has 2 saturated carbocycles. The number of hydrogen-bond acceptors (Lipinski definition) is 2. The smallest absolute Gasteiger partial charge is 0.163 e. The van der Waals surface area contributed by atoms with Crippen LogP contribution in [0.25, 0.3) is 0 Å². The van der Waals surface area contributed by atoms with Gasteiger partial charge in [-0.2, -0.15) is 0 Å². The lowest BCUT2D eigenvalue weighted by Gasteiger charge is -2.24. The zero-order valence-corrected chi connectivity index (χ0v) is 10.3. The molecule has 0 saturated heterocycles. The largest absolute Gasteiger partial charge is 0.388 e. The SMILES string of the molecule is CC1CCCC(=CNC2CCCCC2)C1=O. The minimum absolute atomic E-state index is 0.244. The van der Waals surface area contributed by atoms with Crippen LogP contribution in [0.2, 0.25) is 0 Å². The highest BCUT2D eigenvalue weighted by atomic mass is 16.1. The van der Waals surface area contributed by atoms with Gasteiger partial charge in [0, 0.05) is 23.7 Å². The fourth-order valence-electron chi connectivity index (χ4n) is 2.80. The Balaban J connectivity index is 1.87. The van der Waals surface area contributed by atoms with Gasteiger partial charge in [0.1, 0.15) is 0 Å². The van der Waals surface area contributed by atoms with Crippen molar-refractivity contribution in [3.63, 3.8) is 0 Å². The van der Waals surface area contributed by atoms with Crippen molar-refractivity contribution in [3.8, 4) is 0 Å². The Morgan fingerprint density at radius 2 is 1.88 bits per heavy atom. The highest BCUT2D eigenvalue weighted by Crippen LogP contribution is 2.24. The van der Waals surface area contributed by atoms with Crippen molar-refractivity contribution in [2.24, 2.45) is 5.92 Å². The molecule has 0 amide bonds. The molecule has 1 N–H and O–H groups in total. The maximum atomic E-state index is 11.9. The quantitative estimate of drug-likeness (QED) is 0.726. The van der Waals surface area contributed by atoms with E-state index in [1.165, 1.54) is 38.5 Å². The number of carbonyl (C=O) groups is 1. The van der Waals surface area contributed by atoms with Crippen molar-refractivity contribution in [3.05, 3.63) is 11.8 Å². The lowest BCUT2D eigenvalue weighted by atomic mass is 9.86. The topological polar surface area (TPSA) is 29.1 Å². The number of rotatable bonds is 2. The zero-order chi connectivity index (χ0) is 11.4. The number of nitrogens with one attached hydrogen (secondary N) is 1. The van der Waals surface area contributed by atoms with Crippen LogP contribution in [0.5, 0.6) is 0 Å². The minimum atomic E-state index is 0.244. The Hall–Kier alpha value is -0.790. The van der Waals surface area contributed by atoms with Gasteiger partial charge >= 0.3 is 0 Å². The second kappa shape index (κ2) is 5.51. The summed E-state index contributed by atoms with van der Waals surface area (Å²) in [4.78, 5) is 11.9. The molecule has 1 unspecified atom stereocenters. The number of Topliss-reactive ketones (excluding diaryl/α,β-unsaturated/α-hetero) is 1. The second-order valence-electron chi connectivity index (χ2n) is 5.33. The summed E-state index contributed by atoms with van der Waals surface area (Å²) in [6.07, 6.45) is 11.8. The van der Waals surface area contributed by atoms with Crippen LogP contribution < -0.4 is 5.32 Å². The first-order chi connectivity index (χ1) is 7.77. The molecular weight excluding hydrogens is 198 g/mol. The Kier molecular flexibility index (Phi) is 4.03. The molecule has 0 heterocycles. The van der Waals surface area contributed by atoms with E-state index in [2.05, 4.69) is 12.2 Å². The Labute approximate surface area is 98.5 Å². The van der Waals surface area contributed by atoms with E-state index in [9.17, 15) is 4.79 Å². The maximum Gasteiger partial charge on any atom is 0.163 e. The summed E-state index contributed by atoms with van der Waals surface area (Å²) < 4.78 is 0. The van der Waals surface area contributed by atoms with Crippen LogP contribution in [0.4, 0.5) is 0 Å². The third-order valence-corrected chi connectivity index (χ3v) is 3.95. The van der Waals surface area contributed by atoms with Crippen LogP contribution in [0.15, 0.2) is 11.8 Å². The van der Waals surface area contributed by atoms with Crippen molar-refractivity contribution in [2.75, 3.05) is 0 Å². The first-order valence-corrected chi connectivity index (χ1v) is 6.76. The van der Waals surface area contributed by atoms with Crippen molar-refractivity contribution in [1.29, 1.82) is 0 Å². The average Bonchev–Trinajstić information content (AvgIpc) is 2.32. The van der Waals surface area contributed by atoms with Crippen LogP contribution in [0.1, 0.15) is 58.3 Å². The highest BCUT2D eigenvalue weighted by Gasteiger charge is 2.22. The molecule has 0 aliphatic heterocycles. The van der Waals surface area contributed by atoms with Gasteiger partial charge in [0.15, 0.2) is 5.78 Å². The lowest BCUT2D eigenvalue weighted by Crippen LogP contribution is -2.29. The van der Waals surface area contributed by atoms with Gasteiger partial charge in [-0.05, 0) is 32.1 Å². The molecule has 2 heteroatoms. The van der Waals surface area contributed by atoms with E-state index in [0.717, 1.165) is 18.4 Å². The molecule has 16 heavy (non-hydrogen) atoms. The summed E-state index contributed by atoms with van der Waals surface area (Å²) in [5.41, 5.74) is 1.03. The Bertz CT molecular complexity index is 276. The van der Waals surface area contributed by atoms with Gasteiger partial charge in [0.25, 0.3) is 0 Å². The third-order valence-electron chi connectivity index (χ3n) is 3.95. The molecule has 0 aromatic rings. The van der Waals surface area contributed by atoms with Gasteiger partial charge in [-0.25, -0.2) is 0 Å². The predicted octanol–water partition coefficient (Wildman–Crippen LogP) is 3.18. The molecular formula is C14H23NO. The molecule has 90 valence electrons. The monoisotopic (exact) mass is 221 g/mol. The molecule has 2 aliphatic rings. The Morgan fingerprint density at radius 3 is 2.62 bits per heavy atom. The van der Waals surface area contributed by atoms with E-state index in [1.54, 1.807) is 0 Å². The molecule has 2 nitrogen and oxygen atoms in total. The number of hydrogen-bond donors (Lipinski definition) is 1. The molecule has 2 aliphatic carbocycles. The average molecular weight is 221 g/mol. The summed E-state index contributed by atoms with van der Waals surface area (Å²) in [6.45, 7) is 2.05. The summed E-state index contributed by atoms with van der Waals surface area (Å²) in [5.74, 6) is 0.614. The number of allylic oxidation sites excluding steroid dienone is 1. The number of carbonyl (C=O) groups excluding carboxylic acids is 1. The maximum absolute atomic E-state index is 11.9. The van der Waals surface area contributed by atoms with E-state index in [1.807, 2.05) is 6.20 Å². The van der Waals surface area contributed by atoms with E-state index in [0.29, 0.717) is 11.8 Å². The first-order valence-electron chi connectivity index (χ1n) is 6.76. The molecule has 0 bridgehead atoms. The molecule has 2 fully saturated rings. The van der Waals surface area contributed by atoms with Crippen molar-refractivity contribution < 1.29 is 4.79 Å². The summed E-state index contributed by atoms with van der Waals surface area (Å²) in [7, 11) is 0. The van der Waals surface area contributed by atoms with E-state index < -0.39 is 0 Å². The van der Waals surface area contributed by atoms with Crippen LogP contribution in [-0.2, 0) is 4.79 Å². The summed E-state index contributed by atoms with van der Waals surface area (Å²) >= 11 is 0. The highest BCUT2D eigenvalue weighted by molar-refractivity contribution is 5.97. The predicted molar refractivity (Wildman–Crippen MR) is 66.1 cm³/mol. The van der Waals surface area contributed by atoms with Crippen LogP contribution in [0, 0.1) is 5.92 Å². The fraction of sp³-hybridized carbons (Fsp3) is 0.786. The number of ketones is 1. The van der Waals surface area contributed by atoms with Crippen molar-refractivity contribution in [1.82, 2.24) is 5.32 Å². The van der Waals surface area contributed by atoms with Gasteiger partial charge < -0.3 is 5.32 Å². The minimum Gasteiger partial charge on any atom is -0.388 e. The molecule has 0 aromatic heterocycles. The van der Waals surface area contributed by atoms with Gasteiger partial charge in [0.05, 0.1) is 0 Å². The van der Waals surface area contributed by atoms with Crippen LogP contribution in [0.3, 0.4) is 0 Å². The van der Waals surface area contributed by atoms with Crippen molar-refractivity contribution >= 4 is 5.78 Å². The fourth-order valence-corrected chi connectivity index (χ4v) is 2.80. The normalized spacial score (nSPS) is 30.7. The molecule has 0 radical (unpaired) electrons. The van der Waals surface area contributed by atoms with Gasteiger partial charge in [-0.3, -0.25) is 4.79 Å². The van der Waals surface area contributed by atoms with Crippen molar-refractivity contribution in [2.45, 2.75) is 64.3 Å². The van der Waals surface area contributed by atoms with Gasteiger partial charge in [-0.15, -0.1) is 0 Å². The molecule has 1 atom stereocenters. The third kappa shape index (κ3) is 2.87. The van der Waals surface area contributed by atoms with Gasteiger partial charge in [0.2, 0.25) is 0 Å². The second-order valence-corrected chi connectivity index (χ2v) is 5.33. The first kappa shape index (κ1) is 11.7. The standard InChI is InChI=1S/C14H23NO/c1-11-6-5-7-12(14(11)16)10-15-13-8-3-2-4-9-13/h10-11,13,15H,2-9H2,1H3. The van der Waals surface area contributed by atoms with Crippen LogP contribution >= 0.6 is 0 Å². The lowest BCUT2D eigenvalue weighted by molar-refractivity contribution is -0.119. The molecule has 2 rings (SSSR count). The summed E-state index contributed by atoms with van der Waals surface area (Å²) in [6, 6.07) is 0.617. The van der Waals surface area contributed by atoms with E-state index in [4.69, 9.17) is 0 Å². The zero-order valence-electron chi connectivity index (χ0n) is 10.3. The molecule has 0 aromatic carbocycles. The summed E-state index contributed by atoms with van der Waals surface area (Å²) in [5, 5.41) is 3.46. The van der Waals surface area contributed by atoms with E-state index >= 15 is 0 Å².